The van der Waals surface area contributed by atoms with Crippen LogP contribution in [0.4, 0.5) is 0 Å². The molecule has 0 saturated heterocycles. The largest absolute Gasteiger partial charge is 0.107 e. The van der Waals surface area contributed by atoms with Gasteiger partial charge >= 0.3 is 0 Å². The maximum Gasteiger partial charge on any atom is 0 e. The van der Waals surface area contributed by atoms with Crippen LogP contribution in [-0.2, 0) is 20.1 Å². The van der Waals surface area contributed by atoms with Crippen molar-refractivity contribution in [1.29, 1.82) is 0 Å². The Morgan fingerprint density at radius 2 is 0.846 bits per heavy atom. The summed E-state index contributed by atoms with van der Waals surface area (Å²) in [6.45, 7) is 9.43. The van der Waals surface area contributed by atoms with E-state index < -0.39 is 0 Å². The summed E-state index contributed by atoms with van der Waals surface area (Å²) in [4.78, 5) is 0. The van der Waals surface area contributed by atoms with Gasteiger partial charge < -0.3 is 0 Å². The van der Waals surface area contributed by atoms with Crippen molar-refractivity contribution in [1.82, 2.24) is 0 Å². The van der Waals surface area contributed by atoms with Crippen LogP contribution in [0, 0.1) is 0 Å². The molecule has 0 aromatic heterocycles. The molecule has 0 rings (SSSR count). The molecule has 3 heteroatoms. The van der Waals surface area contributed by atoms with Crippen LogP contribution in [0.5, 0.6) is 0 Å². The molecule has 0 aromatic rings. The van der Waals surface area contributed by atoms with Crippen molar-refractivity contribution < 1.29 is 20.1 Å². The summed E-state index contributed by atoms with van der Waals surface area (Å²) in [5.41, 5.74) is 0. The van der Waals surface area contributed by atoms with Crippen LogP contribution in [-0.4, -0.2) is 37.0 Å². The second-order valence-electron chi connectivity index (χ2n) is 3.05. The molecular formula is C10H24P2Tc. The molecule has 0 unspecified atom stereocenters. The van der Waals surface area contributed by atoms with Crippen molar-refractivity contribution in [3.05, 3.63) is 0 Å². The molecule has 0 atom stereocenters. The van der Waals surface area contributed by atoms with Gasteiger partial charge in [-0.1, -0.05) is 27.7 Å². The van der Waals surface area contributed by atoms with Crippen molar-refractivity contribution >= 4 is 15.8 Å². The van der Waals surface area contributed by atoms with Crippen molar-refractivity contribution in [2.45, 2.75) is 27.7 Å². The molecule has 0 fully saturated rings. The van der Waals surface area contributed by atoms with Crippen LogP contribution >= 0.6 is 15.8 Å². The summed E-state index contributed by atoms with van der Waals surface area (Å²) in [6, 6.07) is 0. The fourth-order valence-corrected chi connectivity index (χ4v) is 5.78. The Morgan fingerprint density at radius 3 is 1.00 bits per heavy atom. The third kappa shape index (κ3) is 8.50. The van der Waals surface area contributed by atoms with E-state index in [1.807, 2.05) is 0 Å². The predicted molar refractivity (Wildman–Crippen MR) is 65.7 cm³/mol. The molecule has 13 heavy (non-hydrogen) atoms. The molecule has 81 valence electrons. The zero-order valence-corrected chi connectivity index (χ0v) is 13.2. The van der Waals surface area contributed by atoms with Crippen molar-refractivity contribution in [3.63, 3.8) is 0 Å². The van der Waals surface area contributed by atoms with Crippen molar-refractivity contribution in [2.75, 3.05) is 37.0 Å². The fourth-order valence-electron chi connectivity index (χ4n) is 1.36. The maximum atomic E-state index is 2.36. The van der Waals surface area contributed by atoms with E-state index in [9.17, 15) is 0 Å². The van der Waals surface area contributed by atoms with E-state index in [1.165, 1.54) is 24.6 Å². The first-order valence-corrected chi connectivity index (χ1v) is 9.02. The number of rotatable bonds is 7. The zero-order chi connectivity index (χ0) is 9.40. The van der Waals surface area contributed by atoms with E-state index in [0.29, 0.717) is 15.8 Å². The van der Waals surface area contributed by atoms with Gasteiger partial charge in [0.2, 0.25) is 0 Å². The maximum absolute atomic E-state index is 2.36. The Bertz CT molecular complexity index is 78.9. The molecule has 0 N–H and O–H groups in total. The van der Waals surface area contributed by atoms with E-state index in [2.05, 4.69) is 27.7 Å². The average Bonchev–Trinajstić information content (AvgIpc) is 2.13. The van der Waals surface area contributed by atoms with Gasteiger partial charge in [-0.3, -0.25) is 0 Å². The van der Waals surface area contributed by atoms with Gasteiger partial charge in [-0.15, -0.1) is 15.8 Å². The smallest absolute Gasteiger partial charge is 0 e. The van der Waals surface area contributed by atoms with Gasteiger partial charge in [0.25, 0.3) is 0 Å². The summed E-state index contributed by atoms with van der Waals surface area (Å²) in [5.74, 6) is 0. The van der Waals surface area contributed by atoms with Gasteiger partial charge in [0, 0.05) is 20.1 Å². The van der Waals surface area contributed by atoms with Gasteiger partial charge in [-0.25, -0.2) is 0 Å². The first kappa shape index (κ1) is 16.9. The third-order valence-electron chi connectivity index (χ3n) is 2.52. The molecule has 0 aliphatic carbocycles. The van der Waals surface area contributed by atoms with Crippen molar-refractivity contribution in [2.24, 2.45) is 0 Å². The van der Waals surface area contributed by atoms with Crippen LogP contribution in [0.15, 0.2) is 0 Å². The molecule has 1 radical (unpaired) electrons. The normalized spacial score (nSPS) is 10.6. The molecule has 0 aromatic carbocycles. The van der Waals surface area contributed by atoms with E-state index in [-0.39, 0.29) is 20.1 Å². The fraction of sp³-hybridized carbons (Fsp3) is 1.00. The molecule has 0 saturated carbocycles. The molecule has 0 aliphatic rings. The number of hydrogen-bond donors (Lipinski definition) is 0. The van der Waals surface area contributed by atoms with Crippen LogP contribution in [0.3, 0.4) is 0 Å². The molecule has 0 bridgehead atoms. The summed E-state index contributed by atoms with van der Waals surface area (Å²) in [6.07, 6.45) is 8.89. The zero-order valence-electron chi connectivity index (χ0n) is 9.52. The van der Waals surface area contributed by atoms with Gasteiger partial charge in [0.1, 0.15) is 0 Å². The standard InChI is InChI=1S/C10H24P2.Tc/c1-5-11(6-2)9-10-12(7-3)8-4;/h5-10H2,1-4H3;. The molecule has 0 aliphatic heterocycles. The van der Waals surface area contributed by atoms with Crippen LogP contribution in [0.25, 0.3) is 0 Å². The Morgan fingerprint density at radius 1 is 0.615 bits per heavy atom. The molecule has 0 nitrogen and oxygen atoms in total. The summed E-state index contributed by atoms with van der Waals surface area (Å²) < 4.78 is 0. The van der Waals surface area contributed by atoms with E-state index in [0.717, 1.165) is 0 Å². The summed E-state index contributed by atoms with van der Waals surface area (Å²) >= 11 is 0. The SMILES string of the molecule is CCP(CC)CCP(CC)CC.[Tc]. The monoisotopic (exact) mass is 303 g/mol. The Balaban J connectivity index is 0. The van der Waals surface area contributed by atoms with Crippen molar-refractivity contribution in [3.8, 4) is 0 Å². The van der Waals surface area contributed by atoms with Crippen LogP contribution in [0.2, 0.25) is 0 Å². The molecule has 0 heterocycles. The van der Waals surface area contributed by atoms with E-state index in [4.69, 9.17) is 0 Å². The van der Waals surface area contributed by atoms with E-state index in [1.54, 1.807) is 12.3 Å². The summed E-state index contributed by atoms with van der Waals surface area (Å²) in [7, 11) is 0.832. The summed E-state index contributed by atoms with van der Waals surface area (Å²) in [5, 5.41) is 0. The minimum absolute atomic E-state index is 0. The van der Waals surface area contributed by atoms with Gasteiger partial charge in [0.15, 0.2) is 0 Å². The second-order valence-corrected chi connectivity index (χ2v) is 9.16. The van der Waals surface area contributed by atoms with Gasteiger partial charge in [-0.05, 0) is 37.0 Å². The molecule has 0 spiro atoms. The Kier molecular flexibility index (Phi) is 15.1. The minimum Gasteiger partial charge on any atom is -0.107 e. The average molecular weight is 304 g/mol. The van der Waals surface area contributed by atoms with E-state index >= 15 is 0 Å². The Hall–Kier alpha value is 1.51. The topological polar surface area (TPSA) is 0 Å². The predicted octanol–water partition coefficient (Wildman–Crippen LogP) is 4.03. The molecular weight excluding hydrogens is 280 g/mol. The number of hydrogen-bond acceptors (Lipinski definition) is 0. The quantitative estimate of drug-likeness (QED) is 0.623. The first-order valence-electron chi connectivity index (χ1n) is 5.23. The van der Waals surface area contributed by atoms with Gasteiger partial charge in [0.05, 0.1) is 0 Å². The van der Waals surface area contributed by atoms with Crippen LogP contribution < -0.4 is 0 Å². The second kappa shape index (κ2) is 11.6. The minimum atomic E-state index is 0. The molecule has 0 amide bonds. The first-order chi connectivity index (χ1) is 5.78. The Labute approximate surface area is 101 Å². The third-order valence-corrected chi connectivity index (χ3v) is 8.16. The van der Waals surface area contributed by atoms with Crippen LogP contribution in [0.1, 0.15) is 27.7 Å². The van der Waals surface area contributed by atoms with Gasteiger partial charge in [-0.2, -0.15) is 0 Å².